The van der Waals surface area contributed by atoms with E-state index in [2.05, 4.69) is 15.9 Å². The lowest BCUT2D eigenvalue weighted by atomic mass is 9.45. The Hall–Kier alpha value is -2.10. The molecular formula is C12H15BN4O2. The quantitative estimate of drug-likeness (QED) is 0.595. The van der Waals surface area contributed by atoms with E-state index >= 15 is 0 Å². The van der Waals surface area contributed by atoms with Crippen LogP contribution in [0.25, 0.3) is 0 Å². The van der Waals surface area contributed by atoms with E-state index in [4.69, 9.17) is 10.00 Å². The molecule has 1 aliphatic rings. The summed E-state index contributed by atoms with van der Waals surface area (Å²) in [4.78, 5) is 21.9. The molecule has 0 bridgehead atoms. The number of esters is 1. The van der Waals surface area contributed by atoms with Gasteiger partial charge in [-0.1, -0.05) is 0 Å². The first-order chi connectivity index (χ1) is 9.24. The first kappa shape index (κ1) is 13.3. The standard InChI is InChI=1S/C12H15BN4O2/c1-2-19-11(18)10-7-15-12(16-8-10)17-5-3-13(9-14)4-6-17/h7-8H,2-6H2,1H3. The minimum Gasteiger partial charge on any atom is -0.462 e. The number of carbonyl (C=O) groups excluding carboxylic acids is 1. The van der Waals surface area contributed by atoms with E-state index in [1.807, 2.05) is 4.90 Å². The van der Waals surface area contributed by atoms with Crippen LogP contribution >= 0.6 is 0 Å². The molecule has 1 aromatic heterocycles. The molecule has 1 fully saturated rings. The van der Waals surface area contributed by atoms with Crippen LogP contribution in [-0.2, 0) is 4.74 Å². The van der Waals surface area contributed by atoms with Crippen LogP contribution in [0.3, 0.4) is 0 Å². The van der Waals surface area contributed by atoms with Gasteiger partial charge in [0, 0.05) is 31.5 Å². The Morgan fingerprint density at radius 2 is 2.11 bits per heavy atom. The minimum atomic E-state index is -0.405. The van der Waals surface area contributed by atoms with Crippen molar-refractivity contribution >= 4 is 18.6 Å². The number of carbonyl (C=O) groups is 1. The van der Waals surface area contributed by atoms with E-state index in [1.165, 1.54) is 12.4 Å². The molecule has 0 N–H and O–H groups in total. The molecule has 2 rings (SSSR count). The van der Waals surface area contributed by atoms with Gasteiger partial charge in [-0.05, 0) is 19.6 Å². The molecule has 0 aromatic carbocycles. The Bertz CT molecular complexity index is 477. The summed E-state index contributed by atoms with van der Waals surface area (Å²) in [6, 6.07) is 0. The number of hydrogen-bond acceptors (Lipinski definition) is 6. The first-order valence-electron chi connectivity index (χ1n) is 6.38. The predicted molar refractivity (Wildman–Crippen MR) is 71.2 cm³/mol. The second kappa shape index (κ2) is 6.18. The van der Waals surface area contributed by atoms with Crippen LogP contribution in [0.1, 0.15) is 17.3 Å². The Morgan fingerprint density at radius 3 is 2.63 bits per heavy atom. The van der Waals surface area contributed by atoms with Crippen molar-refractivity contribution in [2.75, 3.05) is 24.6 Å². The minimum absolute atomic E-state index is 0.134. The van der Waals surface area contributed by atoms with Crippen molar-refractivity contribution in [3.63, 3.8) is 0 Å². The SMILES string of the molecule is CCOC(=O)c1cnc(N2CCB(C#N)CC2)nc1. The fourth-order valence-electron chi connectivity index (χ4n) is 2.01. The highest BCUT2D eigenvalue weighted by atomic mass is 16.5. The van der Waals surface area contributed by atoms with Crippen molar-refractivity contribution in [3.8, 4) is 5.97 Å². The molecule has 7 heteroatoms. The highest BCUT2D eigenvalue weighted by Crippen LogP contribution is 2.16. The maximum Gasteiger partial charge on any atom is 0.341 e. The fourth-order valence-corrected chi connectivity index (χ4v) is 2.01. The van der Waals surface area contributed by atoms with Crippen molar-refractivity contribution in [2.45, 2.75) is 19.6 Å². The third-order valence-corrected chi connectivity index (χ3v) is 3.11. The van der Waals surface area contributed by atoms with Crippen LogP contribution < -0.4 is 4.90 Å². The van der Waals surface area contributed by atoms with Crippen molar-refractivity contribution in [3.05, 3.63) is 18.0 Å². The van der Waals surface area contributed by atoms with Gasteiger partial charge in [0.2, 0.25) is 5.95 Å². The van der Waals surface area contributed by atoms with E-state index in [0.29, 0.717) is 18.1 Å². The van der Waals surface area contributed by atoms with Crippen molar-refractivity contribution in [2.24, 2.45) is 0 Å². The molecule has 0 unspecified atom stereocenters. The third-order valence-electron chi connectivity index (χ3n) is 3.11. The van der Waals surface area contributed by atoms with E-state index < -0.39 is 5.97 Å². The summed E-state index contributed by atoms with van der Waals surface area (Å²) >= 11 is 0. The molecule has 0 atom stereocenters. The highest BCUT2D eigenvalue weighted by Gasteiger charge is 2.24. The lowest BCUT2D eigenvalue weighted by Gasteiger charge is -2.27. The number of nitrogens with zero attached hydrogens (tertiary/aromatic N) is 4. The fraction of sp³-hybridized carbons (Fsp3) is 0.500. The summed E-state index contributed by atoms with van der Waals surface area (Å²) < 4.78 is 4.87. The largest absolute Gasteiger partial charge is 0.462 e. The molecule has 0 aliphatic carbocycles. The van der Waals surface area contributed by atoms with Crippen LogP contribution in [0.4, 0.5) is 5.95 Å². The van der Waals surface area contributed by atoms with Gasteiger partial charge in [-0.2, -0.15) is 0 Å². The number of rotatable bonds is 3. The second-order valence-electron chi connectivity index (χ2n) is 4.38. The Morgan fingerprint density at radius 1 is 1.47 bits per heavy atom. The molecule has 1 aliphatic heterocycles. The van der Waals surface area contributed by atoms with Gasteiger partial charge in [0.05, 0.1) is 12.2 Å². The molecule has 98 valence electrons. The molecule has 2 heterocycles. The van der Waals surface area contributed by atoms with Crippen molar-refractivity contribution in [1.29, 1.82) is 5.26 Å². The highest BCUT2D eigenvalue weighted by molar-refractivity contribution is 6.67. The zero-order chi connectivity index (χ0) is 13.7. The number of hydrogen-bond donors (Lipinski definition) is 0. The normalized spacial score (nSPS) is 14.9. The molecule has 1 saturated heterocycles. The zero-order valence-corrected chi connectivity index (χ0v) is 10.9. The molecule has 0 amide bonds. The molecule has 6 nitrogen and oxygen atoms in total. The van der Waals surface area contributed by atoms with Crippen LogP contribution in [0.15, 0.2) is 12.4 Å². The summed E-state index contributed by atoms with van der Waals surface area (Å²) in [6.07, 6.45) is 4.63. The van der Waals surface area contributed by atoms with Gasteiger partial charge in [0.25, 0.3) is 6.71 Å². The summed E-state index contributed by atoms with van der Waals surface area (Å²) in [5.74, 6) is 2.48. The molecule has 0 radical (unpaired) electrons. The van der Waals surface area contributed by atoms with Crippen LogP contribution in [0.2, 0.25) is 12.6 Å². The zero-order valence-electron chi connectivity index (χ0n) is 10.9. The Labute approximate surface area is 112 Å². The van der Waals surface area contributed by atoms with E-state index in [-0.39, 0.29) is 6.71 Å². The predicted octanol–water partition coefficient (Wildman–Crippen LogP) is 1.03. The third kappa shape index (κ3) is 3.22. The van der Waals surface area contributed by atoms with E-state index in [0.717, 1.165) is 25.7 Å². The topological polar surface area (TPSA) is 79.1 Å². The van der Waals surface area contributed by atoms with Crippen molar-refractivity contribution < 1.29 is 9.53 Å². The first-order valence-corrected chi connectivity index (χ1v) is 6.38. The lowest BCUT2D eigenvalue weighted by Crippen LogP contribution is -2.37. The summed E-state index contributed by atoms with van der Waals surface area (Å²) in [5, 5.41) is 8.84. The van der Waals surface area contributed by atoms with Gasteiger partial charge >= 0.3 is 5.97 Å². The van der Waals surface area contributed by atoms with Crippen LogP contribution in [-0.4, -0.2) is 42.3 Å². The maximum absolute atomic E-state index is 11.5. The summed E-state index contributed by atoms with van der Waals surface area (Å²) in [5.41, 5.74) is 0.359. The number of anilines is 1. The van der Waals surface area contributed by atoms with Crippen molar-refractivity contribution in [1.82, 2.24) is 9.97 Å². The Balaban J connectivity index is 1.99. The smallest absolute Gasteiger partial charge is 0.341 e. The average molecular weight is 258 g/mol. The molecule has 0 spiro atoms. The Kier molecular flexibility index (Phi) is 4.34. The van der Waals surface area contributed by atoms with Gasteiger partial charge in [-0.25, -0.2) is 20.0 Å². The molecule has 1 aromatic rings. The van der Waals surface area contributed by atoms with Gasteiger partial charge in [0.15, 0.2) is 0 Å². The maximum atomic E-state index is 11.5. The second-order valence-corrected chi connectivity index (χ2v) is 4.38. The van der Waals surface area contributed by atoms with E-state index in [1.54, 1.807) is 6.92 Å². The molecular weight excluding hydrogens is 243 g/mol. The number of ether oxygens (including phenoxy) is 1. The summed E-state index contributed by atoms with van der Waals surface area (Å²) in [6.45, 7) is 3.78. The van der Waals surface area contributed by atoms with Gasteiger partial charge in [0.1, 0.15) is 0 Å². The lowest BCUT2D eigenvalue weighted by molar-refractivity contribution is 0.0525. The monoisotopic (exact) mass is 258 g/mol. The van der Waals surface area contributed by atoms with Gasteiger partial charge < -0.3 is 9.64 Å². The average Bonchev–Trinajstić information content (AvgIpc) is 2.48. The van der Waals surface area contributed by atoms with Gasteiger partial charge in [-0.15, -0.1) is 0 Å². The number of aromatic nitrogens is 2. The van der Waals surface area contributed by atoms with Gasteiger partial charge in [-0.3, -0.25) is 0 Å². The number of nitriles is 1. The molecule has 0 saturated carbocycles. The summed E-state index contributed by atoms with van der Waals surface area (Å²) in [7, 11) is 0. The van der Waals surface area contributed by atoms with E-state index in [9.17, 15) is 4.79 Å². The molecule has 19 heavy (non-hydrogen) atoms. The van der Waals surface area contributed by atoms with Crippen LogP contribution in [0.5, 0.6) is 0 Å². The van der Waals surface area contributed by atoms with Crippen LogP contribution in [0, 0.1) is 11.2 Å².